The Morgan fingerprint density at radius 1 is 1.44 bits per heavy atom. The van der Waals surface area contributed by atoms with Gasteiger partial charge in [0.05, 0.1) is 12.0 Å². The maximum absolute atomic E-state index is 11.9. The zero-order valence-corrected chi connectivity index (χ0v) is 11.4. The first-order valence-electron chi connectivity index (χ1n) is 5.99. The molecule has 1 unspecified atom stereocenters. The summed E-state index contributed by atoms with van der Waals surface area (Å²) in [4.78, 5) is 24.4. The van der Waals surface area contributed by atoms with Crippen molar-refractivity contribution in [3.63, 3.8) is 0 Å². The molecule has 0 saturated carbocycles. The summed E-state index contributed by atoms with van der Waals surface area (Å²) >= 11 is 0. The maximum Gasteiger partial charge on any atom is 0.329 e. The van der Waals surface area contributed by atoms with Crippen LogP contribution in [0.25, 0.3) is 0 Å². The molecule has 0 bridgehead atoms. The van der Waals surface area contributed by atoms with E-state index in [0.717, 1.165) is 0 Å². The van der Waals surface area contributed by atoms with Crippen molar-refractivity contribution in [3.05, 3.63) is 0 Å². The molecule has 1 atom stereocenters. The Morgan fingerprint density at radius 3 is 2.28 bits per heavy atom. The average Bonchev–Trinajstić information content (AvgIpc) is 2.34. The number of nitriles is 1. The van der Waals surface area contributed by atoms with Crippen LogP contribution in [0.3, 0.4) is 0 Å². The van der Waals surface area contributed by atoms with Crippen LogP contribution in [0.5, 0.6) is 0 Å². The Morgan fingerprint density at radius 2 is 1.94 bits per heavy atom. The molecule has 0 aliphatic heterocycles. The predicted molar refractivity (Wildman–Crippen MR) is 66.9 cm³/mol. The number of carboxylic acid groups (broad SMARTS) is 1. The molecule has 18 heavy (non-hydrogen) atoms. The number of nitrogens with zero attached hydrogens (tertiary/aromatic N) is 2. The third-order valence-corrected chi connectivity index (χ3v) is 3.08. The van der Waals surface area contributed by atoms with Gasteiger partial charge in [-0.1, -0.05) is 13.8 Å². The number of carboxylic acids is 1. The van der Waals surface area contributed by atoms with Gasteiger partial charge in [-0.15, -0.1) is 0 Å². The standard InChI is InChI=1S/C12H21N3O3/c1-5-12(6-2,10(16)17)14-11(18)15(4)8-9(3)7-13/h9H,5-6,8H2,1-4H3,(H,14,18)(H,16,17). The van der Waals surface area contributed by atoms with E-state index < -0.39 is 17.5 Å². The Kier molecular flexibility index (Phi) is 6.17. The first-order valence-corrected chi connectivity index (χ1v) is 5.99. The molecule has 0 heterocycles. The Labute approximate surface area is 108 Å². The summed E-state index contributed by atoms with van der Waals surface area (Å²) in [7, 11) is 1.54. The van der Waals surface area contributed by atoms with Crippen LogP contribution >= 0.6 is 0 Å². The average molecular weight is 255 g/mol. The summed E-state index contributed by atoms with van der Waals surface area (Å²) in [6.45, 7) is 5.41. The van der Waals surface area contributed by atoms with Gasteiger partial charge in [0, 0.05) is 13.6 Å². The lowest BCUT2D eigenvalue weighted by atomic mass is 9.93. The van der Waals surface area contributed by atoms with Crippen molar-refractivity contribution in [1.29, 1.82) is 5.26 Å². The van der Waals surface area contributed by atoms with E-state index in [0.29, 0.717) is 12.8 Å². The summed E-state index contributed by atoms with van der Waals surface area (Å²) in [6.07, 6.45) is 0.623. The quantitative estimate of drug-likeness (QED) is 0.750. The highest BCUT2D eigenvalue weighted by Gasteiger charge is 2.37. The predicted octanol–water partition coefficient (Wildman–Crippen LogP) is 1.43. The lowest BCUT2D eigenvalue weighted by Gasteiger charge is -2.30. The van der Waals surface area contributed by atoms with Crippen molar-refractivity contribution in [3.8, 4) is 6.07 Å². The molecule has 0 aliphatic carbocycles. The molecule has 0 fully saturated rings. The minimum absolute atomic E-state index is 0.269. The molecule has 102 valence electrons. The highest BCUT2D eigenvalue weighted by molar-refractivity contribution is 5.86. The zero-order chi connectivity index (χ0) is 14.3. The molecule has 2 amide bonds. The molecule has 0 aliphatic rings. The summed E-state index contributed by atoms with van der Waals surface area (Å²) < 4.78 is 0. The second-order valence-corrected chi connectivity index (χ2v) is 4.44. The second kappa shape index (κ2) is 6.84. The largest absolute Gasteiger partial charge is 0.480 e. The van der Waals surface area contributed by atoms with Gasteiger partial charge in [-0.3, -0.25) is 0 Å². The minimum Gasteiger partial charge on any atom is -0.480 e. The molecule has 0 aromatic heterocycles. The summed E-state index contributed by atoms with van der Waals surface area (Å²) in [6, 6.07) is 1.56. The number of rotatable bonds is 6. The third kappa shape index (κ3) is 3.91. The van der Waals surface area contributed by atoms with Crippen LogP contribution in [0.4, 0.5) is 4.79 Å². The number of carbonyl (C=O) groups is 2. The van der Waals surface area contributed by atoms with E-state index >= 15 is 0 Å². The van der Waals surface area contributed by atoms with E-state index in [2.05, 4.69) is 5.32 Å². The van der Waals surface area contributed by atoms with Gasteiger partial charge in [-0.2, -0.15) is 5.26 Å². The number of carbonyl (C=O) groups excluding carboxylic acids is 1. The van der Waals surface area contributed by atoms with Gasteiger partial charge in [0.15, 0.2) is 0 Å². The SMILES string of the molecule is CCC(CC)(NC(=O)N(C)CC(C)C#N)C(=O)O. The van der Waals surface area contributed by atoms with Gasteiger partial charge < -0.3 is 15.3 Å². The van der Waals surface area contributed by atoms with Crippen molar-refractivity contribution < 1.29 is 14.7 Å². The van der Waals surface area contributed by atoms with Gasteiger partial charge in [-0.25, -0.2) is 9.59 Å². The number of hydrogen-bond acceptors (Lipinski definition) is 3. The van der Waals surface area contributed by atoms with Crippen LogP contribution < -0.4 is 5.32 Å². The van der Waals surface area contributed by atoms with Crippen molar-refractivity contribution >= 4 is 12.0 Å². The van der Waals surface area contributed by atoms with Crippen molar-refractivity contribution in [2.24, 2.45) is 5.92 Å². The van der Waals surface area contributed by atoms with Gasteiger partial charge in [0.1, 0.15) is 5.54 Å². The van der Waals surface area contributed by atoms with Gasteiger partial charge in [0.2, 0.25) is 0 Å². The van der Waals surface area contributed by atoms with Crippen LogP contribution in [0.15, 0.2) is 0 Å². The summed E-state index contributed by atoms with van der Waals surface area (Å²) in [5, 5.41) is 20.4. The molecule has 0 saturated heterocycles. The van der Waals surface area contributed by atoms with E-state index in [1.807, 2.05) is 6.07 Å². The van der Waals surface area contributed by atoms with Crippen molar-refractivity contribution in [2.45, 2.75) is 39.2 Å². The summed E-state index contributed by atoms with van der Waals surface area (Å²) in [5.74, 6) is -1.33. The fourth-order valence-corrected chi connectivity index (χ4v) is 1.62. The van der Waals surface area contributed by atoms with Gasteiger partial charge >= 0.3 is 12.0 Å². The molecule has 6 heteroatoms. The number of hydrogen-bond donors (Lipinski definition) is 2. The molecule has 6 nitrogen and oxygen atoms in total. The topological polar surface area (TPSA) is 93.4 Å². The highest BCUT2D eigenvalue weighted by Crippen LogP contribution is 2.16. The zero-order valence-electron chi connectivity index (χ0n) is 11.4. The summed E-state index contributed by atoms with van der Waals surface area (Å²) in [5.41, 5.74) is -1.23. The Balaban J connectivity index is 4.72. The first-order chi connectivity index (χ1) is 8.32. The van der Waals surface area contributed by atoms with Crippen LogP contribution in [0.1, 0.15) is 33.6 Å². The molecule has 0 rings (SSSR count). The number of amides is 2. The molecule has 0 spiro atoms. The monoisotopic (exact) mass is 255 g/mol. The van der Waals surface area contributed by atoms with Crippen molar-refractivity contribution in [2.75, 3.05) is 13.6 Å². The number of nitrogens with one attached hydrogen (secondary N) is 1. The van der Waals surface area contributed by atoms with E-state index in [4.69, 9.17) is 5.26 Å². The smallest absolute Gasteiger partial charge is 0.329 e. The highest BCUT2D eigenvalue weighted by atomic mass is 16.4. The van der Waals surface area contributed by atoms with Crippen molar-refractivity contribution in [1.82, 2.24) is 10.2 Å². The van der Waals surface area contributed by atoms with Crippen LogP contribution in [0, 0.1) is 17.2 Å². The minimum atomic E-state index is -1.23. The fourth-order valence-electron chi connectivity index (χ4n) is 1.62. The van der Waals surface area contributed by atoms with Gasteiger partial charge in [0.25, 0.3) is 0 Å². The number of urea groups is 1. The molecule has 2 N–H and O–H groups in total. The van der Waals surface area contributed by atoms with Crippen LogP contribution in [-0.4, -0.2) is 41.1 Å². The van der Waals surface area contributed by atoms with Gasteiger partial charge in [-0.05, 0) is 19.8 Å². The third-order valence-electron chi connectivity index (χ3n) is 3.08. The van der Waals surface area contributed by atoms with E-state index in [9.17, 15) is 14.7 Å². The number of aliphatic carboxylic acids is 1. The maximum atomic E-state index is 11.9. The molecular formula is C12H21N3O3. The Bertz CT molecular complexity index is 345. The van der Waals surface area contributed by atoms with E-state index in [1.165, 1.54) is 4.90 Å². The fraction of sp³-hybridized carbons (Fsp3) is 0.750. The molecule has 0 aromatic rings. The van der Waals surface area contributed by atoms with E-state index in [1.54, 1.807) is 27.8 Å². The Hall–Kier alpha value is -1.77. The normalized spacial score (nSPS) is 12.4. The second-order valence-electron chi connectivity index (χ2n) is 4.44. The molecule has 0 radical (unpaired) electrons. The van der Waals surface area contributed by atoms with Crippen LogP contribution in [0.2, 0.25) is 0 Å². The lowest BCUT2D eigenvalue weighted by molar-refractivity contribution is -0.144. The van der Waals surface area contributed by atoms with E-state index in [-0.39, 0.29) is 12.5 Å². The lowest BCUT2D eigenvalue weighted by Crippen LogP contribution is -2.57. The molecule has 0 aromatic carbocycles. The van der Waals surface area contributed by atoms with Crippen LogP contribution in [-0.2, 0) is 4.79 Å². The molecular weight excluding hydrogens is 234 g/mol. The first kappa shape index (κ1) is 16.2.